The third-order valence-corrected chi connectivity index (χ3v) is 8.80. The molecule has 8 heteroatoms. The van der Waals surface area contributed by atoms with Crippen LogP contribution in [0.1, 0.15) is 55.8 Å². The number of hydrogen-bond acceptors (Lipinski definition) is 4. The first-order chi connectivity index (χ1) is 14.4. The van der Waals surface area contributed by atoms with Gasteiger partial charge >= 0.3 is 0 Å². The van der Waals surface area contributed by atoms with Crippen LogP contribution in [-0.4, -0.2) is 73.1 Å². The second-order valence-electron chi connectivity index (χ2n) is 8.69. The number of benzene rings is 1. The van der Waals surface area contributed by atoms with E-state index in [0.717, 1.165) is 25.8 Å². The van der Waals surface area contributed by atoms with E-state index in [1.165, 1.54) is 36.6 Å². The van der Waals surface area contributed by atoms with Gasteiger partial charge in [0.05, 0.1) is 4.90 Å². The molecule has 0 radical (unpaired) electrons. The number of carbonyl (C=O) groups is 2. The first kappa shape index (κ1) is 21.3. The van der Waals surface area contributed by atoms with Crippen molar-refractivity contribution in [1.82, 2.24) is 14.1 Å². The van der Waals surface area contributed by atoms with Gasteiger partial charge in [0.2, 0.25) is 15.9 Å². The Bertz CT molecular complexity index is 907. The van der Waals surface area contributed by atoms with E-state index in [1.807, 2.05) is 4.90 Å². The fourth-order valence-electron chi connectivity index (χ4n) is 5.22. The minimum Gasteiger partial charge on any atom is -0.340 e. The zero-order valence-electron chi connectivity index (χ0n) is 17.6. The topological polar surface area (TPSA) is 78.0 Å². The summed E-state index contributed by atoms with van der Waals surface area (Å²) < 4.78 is 27.7. The lowest BCUT2D eigenvalue weighted by Gasteiger charge is -2.44. The zero-order chi connectivity index (χ0) is 21.3. The summed E-state index contributed by atoms with van der Waals surface area (Å²) in [6, 6.07) is 6.76. The Morgan fingerprint density at radius 2 is 1.63 bits per heavy atom. The number of fused-ring (bicyclic) bond motifs is 1. The Morgan fingerprint density at radius 3 is 2.37 bits per heavy atom. The molecule has 1 aromatic rings. The van der Waals surface area contributed by atoms with E-state index in [4.69, 9.17) is 0 Å². The number of likely N-dealkylation sites (tertiary alicyclic amines) is 1. The van der Waals surface area contributed by atoms with Crippen molar-refractivity contribution in [3.63, 3.8) is 0 Å². The Morgan fingerprint density at radius 1 is 0.933 bits per heavy atom. The van der Waals surface area contributed by atoms with Crippen LogP contribution in [0.25, 0.3) is 0 Å². The summed E-state index contributed by atoms with van der Waals surface area (Å²) in [5, 5.41) is 0. The molecule has 2 aliphatic heterocycles. The molecule has 0 N–H and O–H groups in total. The second-order valence-corrected chi connectivity index (χ2v) is 10.6. The summed E-state index contributed by atoms with van der Waals surface area (Å²) in [5.74, 6) is 0.494. The van der Waals surface area contributed by atoms with Crippen molar-refractivity contribution in [3.8, 4) is 0 Å². The van der Waals surface area contributed by atoms with Gasteiger partial charge in [0.1, 0.15) is 0 Å². The van der Waals surface area contributed by atoms with Gasteiger partial charge < -0.3 is 9.80 Å². The predicted octanol–water partition coefficient (Wildman–Crippen LogP) is 2.33. The molecule has 0 spiro atoms. The number of piperazine rings is 1. The van der Waals surface area contributed by atoms with Crippen molar-refractivity contribution in [2.75, 3.05) is 32.7 Å². The van der Waals surface area contributed by atoms with Crippen LogP contribution in [0.5, 0.6) is 0 Å². The summed E-state index contributed by atoms with van der Waals surface area (Å²) >= 11 is 0. The predicted molar refractivity (Wildman–Crippen MR) is 113 cm³/mol. The number of nitrogens with zero attached hydrogens (tertiary/aromatic N) is 3. The molecule has 2 heterocycles. The number of rotatable bonds is 3. The van der Waals surface area contributed by atoms with Crippen molar-refractivity contribution in [2.45, 2.75) is 56.4 Å². The monoisotopic (exact) mass is 433 g/mol. The molecule has 1 aliphatic carbocycles. The van der Waals surface area contributed by atoms with Crippen molar-refractivity contribution < 1.29 is 18.0 Å². The van der Waals surface area contributed by atoms with E-state index in [0.29, 0.717) is 30.6 Å². The number of piperidine rings is 1. The molecule has 1 aromatic carbocycles. The molecule has 164 valence electrons. The SMILES string of the molecule is CC(=O)N1CCN(S(=O)(=O)c2cccc(C(=O)N3CCCC4CCCCC43)c2)CC1. The van der Waals surface area contributed by atoms with Crippen LogP contribution in [0.15, 0.2) is 29.2 Å². The van der Waals surface area contributed by atoms with Crippen molar-refractivity contribution in [1.29, 1.82) is 0 Å². The maximum absolute atomic E-state index is 13.3. The summed E-state index contributed by atoms with van der Waals surface area (Å²) in [4.78, 5) is 28.6. The molecule has 3 aliphatic rings. The molecule has 1 saturated carbocycles. The first-order valence-electron chi connectivity index (χ1n) is 11.0. The zero-order valence-corrected chi connectivity index (χ0v) is 18.4. The van der Waals surface area contributed by atoms with E-state index in [9.17, 15) is 18.0 Å². The van der Waals surface area contributed by atoms with Gasteiger partial charge in [0, 0.05) is 51.3 Å². The Kier molecular flexibility index (Phi) is 6.16. The second kappa shape index (κ2) is 8.67. The van der Waals surface area contributed by atoms with E-state index < -0.39 is 10.0 Å². The van der Waals surface area contributed by atoms with Gasteiger partial charge in [0.15, 0.2) is 0 Å². The third-order valence-electron chi connectivity index (χ3n) is 6.91. The first-order valence-corrected chi connectivity index (χ1v) is 12.5. The van der Waals surface area contributed by atoms with E-state index in [-0.39, 0.29) is 29.8 Å². The fraction of sp³-hybridized carbons (Fsp3) is 0.636. The molecule has 3 fully saturated rings. The van der Waals surface area contributed by atoms with Crippen LogP contribution in [0.2, 0.25) is 0 Å². The van der Waals surface area contributed by atoms with Crippen molar-refractivity contribution in [3.05, 3.63) is 29.8 Å². The molecular weight excluding hydrogens is 402 g/mol. The van der Waals surface area contributed by atoms with Gasteiger partial charge in [-0.2, -0.15) is 4.31 Å². The molecule has 2 amide bonds. The largest absolute Gasteiger partial charge is 0.340 e. The minimum absolute atomic E-state index is 0.0396. The third kappa shape index (κ3) is 4.12. The van der Waals surface area contributed by atoms with Gasteiger partial charge in [-0.15, -0.1) is 0 Å². The molecule has 0 aromatic heterocycles. The van der Waals surface area contributed by atoms with E-state index in [1.54, 1.807) is 23.1 Å². The molecule has 2 atom stereocenters. The quantitative estimate of drug-likeness (QED) is 0.733. The molecule has 2 saturated heterocycles. The lowest BCUT2D eigenvalue weighted by Crippen LogP contribution is -2.50. The van der Waals surface area contributed by atoms with Crippen LogP contribution in [0.4, 0.5) is 0 Å². The lowest BCUT2D eigenvalue weighted by molar-refractivity contribution is -0.129. The van der Waals surface area contributed by atoms with Crippen molar-refractivity contribution in [2.24, 2.45) is 5.92 Å². The average molecular weight is 434 g/mol. The molecule has 7 nitrogen and oxygen atoms in total. The van der Waals surface area contributed by atoms with Gasteiger partial charge in [-0.25, -0.2) is 8.42 Å². The lowest BCUT2D eigenvalue weighted by atomic mass is 9.78. The molecular formula is C22H31N3O4S. The highest BCUT2D eigenvalue weighted by Crippen LogP contribution is 2.36. The minimum atomic E-state index is -3.70. The molecule has 0 bridgehead atoms. The fourth-order valence-corrected chi connectivity index (χ4v) is 6.69. The van der Waals surface area contributed by atoms with Crippen LogP contribution in [0.3, 0.4) is 0 Å². The van der Waals surface area contributed by atoms with E-state index in [2.05, 4.69) is 0 Å². The normalized spacial score (nSPS) is 25.6. The Balaban J connectivity index is 1.52. The van der Waals surface area contributed by atoms with Gasteiger partial charge in [-0.3, -0.25) is 9.59 Å². The van der Waals surface area contributed by atoms with E-state index >= 15 is 0 Å². The van der Waals surface area contributed by atoms with Gasteiger partial charge in [0.25, 0.3) is 5.91 Å². The van der Waals surface area contributed by atoms with Crippen LogP contribution in [0, 0.1) is 5.92 Å². The highest BCUT2D eigenvalue weighted by molar-refractivity contribution is 7.89. The van der Waals surface area contributed by atoms with Crippen molar-refractivity contribution >= 4 is 21.8 Å². The molecule has 4 rings (SSSR count). The van der Waals surface area contributed by atoms with Crippen LogP contribution < -0.4 is 0 Å². The number of sulfonamides is 1. The maximum Gasteiger partial charge on any atom is 0.254 e. The van der Waals surface area contributed by atoms with Gasteiger partial charge in [-0.05, 0) is 49.8 Å². The smallest absolute Gasteiger partial charge is 0.254 e. The summed E-state index contributed by atoms with van der Waals surface area (Å²) in [5.41, 5.74) is 0.449. The average Bonchev–Trinajstić information content (AvgIpc) is 2.78. The highest BCUT2D eigenvalue weighted by atomic mass is 32.2. The van der Waals surface area contributed by atoms with Crippen LogP contribution >= 0.6 is 0 Å². The number of amides is 2. The number of hydrogen-bond donors (Lipinski definition) is 0. The highest BCUT2D eigenvalue weighted by Gasteiger charge is 2.36. The Hall–Kier alpha value is -1.93. The standard InChI is InChI=1S/C22H31N3O4S/c1-17(26)23-12-14-24(15-13-23)30(28,29)20-9-4-7-19(16-20)22(27)25-11-5-8-18-6-2-3-10-21(18)25/h4,7,9,16,18,21H,2-3,5-6,8,10-15H2,1H3. The summed E-state index contributed by atoms with van der Waals surface area (Å²) in [7, 11) is -3.70. The van der Waals surface area contributed by atoms with Crippen LogP contribution in [-0.2, 0) is 14.8 Å². The maximum atomic E-state index is 13.3. The molecule has 2 unspecified atom stereocenters. The summed E-state index contributed by atoms with van der Waals surface area (Å²) in [6.07, 6.45) is 6.85. The molecule has 30 heavy (non-hydrogen) atoms. The number of carbonyl (C=O) groups excluding carboxylic acids is 2. The summed E-state index contributed by atoms with van der Waals surface area (Å²) in [6.45, 7) is 3.58. The Labute approximate surface area is 179 Å². The van der Waals surface area contributed by atoms with Gasteiger partial charge in [-0.1, -0.05) is 18.9 Å².